The number of carboxylic acid groups (broad SMARTS) is 1. The van der Waals surface area contributed by atoms with Crippen molar-refractivity contribution < 1.29 is 23.5 Å². The molecule has 1 aromatic carbocycles. The van der Waals surface area contributed by atoms with Gasteiger partial charge in [-0.3, -0.25) is 9.59 Å². The van der Waals surface area contributed by atoms with Crippen LogP contribution >= 0.6 is 0 Å². The number of carbonyl (C=O) groups excluding carboxylic acids is 1. The average Bonchev–Trinajstić information content (AvgIpc) is 2.39. The molecular weight excluding hydrogens is 268 g/mol. The number of hydrogen-bond acceptors (Lipinski definition) is 2. The third-order valence-corrected chi connectivity index (χ3v) is 3.34. The van der Waals surface area contributed by atoms with E-state index in [2.05, 4.69) is 5.32 Å². The summed E-state index contributed by atoms with van der Waals surface area (Å²) in [5.74, 6) is -3.02. The Morgan fingerprint density at radius 1 is 1.35 bits per heavy atom. The Kier molecular flexibility index (Phi) is 5.19. The highest BCUT2D eigenvalue weighted by Crippen LogP contribution is 2.20. The Hall–Kier alpha value is -1.98. The van der Waals surface area contributed by atoms with Crippen molar-refractivity contribution in [1.82, 2.24) is 5.32 Å². The third kappa shape index (κ3) is 4.01. The molecule has 0 fully saturated rings. The summed E-state index contributed by atoms with van der Waals surface area (Å²) in [6, 6.07) is 2.97. The molecule has 0 bridgehead atoms. The number of hydrogen-bond donors (Lipinski definition) is 2. The lowest BCUT2D eigenvalue weighted by Gasteiger charge is -2.23. The van der Waals surface area contributed by atoms with E-state index in [4.69, 9.17) is 5.11 Å². The summed E-state index contributed by atoms with van der Waals surface area (Å²) in [6.45, 7) is 3.19. The summed E-state index contributed by atoms with van der Waals surface area (Å²) >= 11 is 0. The lowest BCUT2D eigenvalue weighted by atomic mass is 9.87. The van der Waals surface area contributed by atoms with Gasteiger partial charge in [0.15, 0.2) is 0 Å². The van der Waals surface area contributed by atoms with Crippen molar-refractivity contribution in [2.45, 2.75) is 26.7 Å². The molecule has 0 saturated carbocycles. The van der Waals surface area contributed by atoms with Crippen molar-refractivity contribution in [2.24, 2.45) is 5.41 Å². The van der Waals surface area contributed by atoms with Gasteiger partial charge in [-0.25, -0.2) is 8.78 Å². The molecule has 0 aliphatic carbocycles. The zero-order chi connectivity index (χ0) is 15.3. The van der Waals surface area contributed by atoms with E-state index in [1.54, 1.807) is 6.92 Å². The quantitative estimate of drug-likeness (QED) is 0.841. The number of nitrogens with one attached hydrogen (secondary N) is 1. The van der Waals surface area contributed by atoms with E-state index in [0.29, 0.717) is 12.5 Å². The second-order valence-electron chi connectivity index (χ2n) is 4.91. The maximum absolute atomic E-state index is 13.4. The molecule has 1 aromatic rings. The molecule has 1 amide bonds. The van der Waals surface area contributed by atoms with Crippen LogP contribution in [0, 0.1) is 17.0 Å². The number of benzene rings is 1. The Morgan fingerprint density at radius 2 is 2.00 bits per heavy atom. The van der Waals surface area contributed by atoms with Crippen LogP contribution in [0.15, 0.2) is 18.2 Å². The van der Waals surface area contributed by atoms with E-state index in [1.807, 2.05) is 0 Å². The van der Waals surface area contributed by atoms with Crippen LogP contribution < -0.4 is 5.32 Å². The highest BCUT2D eigenvalue weighted by molar-refractivity contribution is 5.80. The minimum absolute atomic E-state index is 0.0412. The van der Waals surface area contributed by atoms with E-state index in [-0.39, 0.29) is 18.5 Å². The van der Waals surface area contributed by atoms with Gasteiger partial charge in [0.2, 0.25) is 5.91 Å². The summed E-state index contributed by atoms with van der Waals surface area (Å²) in [6.07, 6.45) is 0.0963. The molecule has 6 heteroatoms. The summed E-state index contributed by atoms with van der Waals surface area (Å²) in [5.41, 5.74) is -0.991. The van der Waals surface area contributed by atoms with Crippen LogP contribution in [-0.4, -0.2) is 23.5 Å². The maximum Gasteiger partial charge on any atom is 0.311 e. The predicted octanol–water partition coefficient (Wildman–Crippen LogP) is 2.12. The Labute approximate surface area is 115 Å². The molecule has 0 spiro atoms. The summed E-state index contributed by atoms with van der Waals surface area (Å²) in [7, 11) is 0. The van der Waals surface area contributed by atoms with Gasteiger partial charge in [0.1, 0.15) is 11.6 Å². The Balaban J connectivity index is 2.62. The average molecular weight is 285 g/mol. The van der Waals surface area contributed by atoms with Crippen LogP contribution in [0.2, 0.25) is 0 Å². The van der Waals surface area contributed by atoms with Crippen molar-refractivity contribution >= 4 is 11.9 Å². The number of carbonyl (C=O) groups is 2. The second-order valence-corrected chi connectivity index (χ2v) is 4.91. The van der Waals surface area contributed by atoms with Crippen molar-refractivity contribution in [3.05, 3.63) is 35.4 Å². The van der Waals surface area contributed by atoms with Gasteiger partial charge in [-0.15, -0.1) is 0 Å². The molecular formula is C14H17F2NO3. The van der Waals surface area contributed by atoms with Gasteiger partial charge in [-0.05, 0) is 25.0 Å². The summed E-state index contributed by atoms with van der Waals surface area (Å²) < 4.78 is 26.1. The molecule has 1 atom stereocenters. The molecule has 2 N–H and O–H groups in total. The molecule has 0 aliphatic heterocycles. The predicted molar refractivity (Wildman–Crippen MR) is 69.1 cm³/mol. The first-order valence-electron chi connectivity index (χ1n) is 6.22. The van der Waals surface area contributed by atoms with E-state index in [0.717, 1.165) is 6.07 Å². The zero-order valence-electron chi connectivity index (χ0n) is 11.4. The number of aliphatic carboxylic acids is 1. The van der Waals surface area contributed by atoms with Gasteiger partial charge in [0, 0.05) is 12.6 Å². The minimum Gasteiger partial charge on any atom is -0.481 e. The minimum atomic E-state index is -1.06. The normalized spacial score (nSPS) is 13.6. The largest absolute Gasteiger partial charge is 0.481 e. The first kappa shape index (κ1) is 16.1. The van der Waals surface area contributed by atoms with Gasteiger partial charge in [-0.2, -0.15) is 0 Å². The molecule has 20 heavy (non-hydrogen) atoms. The number of halogens is 2. The monoisotopic (exact) mass is 285 g/mol. The molecule has 0 saturated heterocycles. The first-order valence-corrected chi connectivity index (χ1v) is 6.22. The zero-order valence-corrected chi connectivity index (χ0v) is 11.4. The molecule has 0 aromatic heterocycles. The van der Waals surface area contributed by atoms with Crippen molar-refractivity contribution in [1.29, 1.82) is 0 Å². The molecule has 1 rings (SSSR count). The fourth-order valence-electron chi connectivity index (χ4n) is 1.55. The summed E-state index contributed by atoms with van der Waals surface area (Å²) in [4.78, 5) is 22.7. The third-order valence-electron chi connectivity index (χ3n) is 3.34. The molecule has 110 valence electrons. The van der Waals surface area contributed by atoms with Gasteiger partial charge in [-0.1, -0.05) is 13.0 Å². The highest BCUT2D eigenvalue weighted by atomic mass is 19.1. The smallest absolute Gasteiger partial charge is 0.311 e. The van der Waals surface area contributed by atoms with Gasteiger partial charge in [0.05, 0.1) is 11.8 Å². The summed E-state index contributed by atoms with van der Waals surface area (Å²) in [5, 5.41) is 11.5. The Bertz CT molecular complexity index is 519. The van der Waals surface area contributed by atoms with Gasteiger partial charge in [0.25, 0.3) is 0 Å². The van der Waals surface area contributed by atoms with E-state index < -0.39 is 28.9 Å². The second kappa shape index (κ2) is 6.45. The van der Waals surface area contributed by atoms with Gasteiger partial charge >= 0.3 is 5.97 Å². The molecule has 0 radical (unpaired) electrons. The number of rotatable bonds is 6. The van der Waals surface area contributed by atoms with E-state index in [9.17, 15) is 18.4 Å². The SMILES string of the molecule is CCC(C)(CNC(=O)Cc1ccc(F)cc1F)C(=O)O. The maximum atomic E-state index is 13.4. The van der Waals surface area contributed by atoms with Gasteiger partial charge < -0.3 is 10.4 Å². The van der Waals surface area contributed by atoms with Crippen molar-refractivity contribution in [2.75, 3.05) is 6.54 Å². The number of carboxylic acids is 1. The van der Waals surface area contributed by atoms with Crippen LogP contribution in [-0.2, 0) is 16.0 Å². The molecule has 0 heterocycles. The Morgan fingerprint density at radius 3 is 2.50 bits per heavy atom. The van der Waals surface area contributed by atoms with Crippen LogP contribution in [0.5, 0.6) is 0 Å². The topological polar surface area (TPSA) is 66.4 Å². The van der Waals surface area contributed by atoms with Crippen LogP contribution in [0.1, 0.15) is 25.8 Å². The number of amides is 1. The van der Waals surface area contributed by atoms with Crippen molar-refractivity contribution in [3.63, 3.8) is 0 Å². The van der Waals surface area contributed by atoms with Crippen LogP contribution in [0.3, 0.4) is 0 Å². The van der Waals surface area contributed by atoms with Crippen LogP contribution in [0.25, 0.3) is 0 Å². The molecule has 4 nitrogen and oxygen atoms in total. The van der Waals surface area contributed by atoms with E-state index >= 15 is 0 Å². The fourth-order valence-corrected chi connectivity index (χ4v) is 1.55. The van der Waals surface area contributed by atoms with E-state index in [1.165, 1.54) is 13.0 Å². The molecule has 1 unspecified atom stereocenters. The first-order chi connectivity index (χ1) is 9.28. The lowest BCUT2D eigenvalue weighted by molar-refractivity contribution is -0.148. The van der Waals surface area contributed by atoms with Crippen LogP contribution in [0.4, 0.5) is 8.78 Å². The fraction of sp³-hybridized carbons (Fsp3) is 0.429. The molecule has 0 aliphatic rings. The lowest BCUT2D eigenvalue weighted by Crippen LogP contribution is -2.41. The standard InChI is InChI=1S/C14H17F2NO3/c1-3-14(2,13(19)20)8-17-12(18)6-9-4-5-10(15)7-11(9)16/h4-5,7H,3,6,8H2,1-2H3,(H,17,18)(H,19,20). The highest BCUT2D eigenvalue weighted by Gasteiger charge is 2.31. The van der Waals surface area contributed by atoms with Crippen molar-refractivity contribution in [3.8, 4) is 0 Å².